The summed E-state index contributed by atoms with van der Waals surface area (Å²) in [5.41, 5.74) is 7.79. The predicted octanol–water partition coefficient (Wildman–Crippen LogP) is 2.86. The minimum atomic E-state index is -0.973. The molecule has 0 heterocycles. The van der Waals surface area contributed by atoms with Gasteiger partial charge in [-0.05, 0) is 12.1 Å². The molecule has 10 nitrogen and oxygen atoms in total. The average molecular weight is 580 g/mol. The fraction of sp³-hybridized carbons (Fsp3) is 0.185. The molecule has 3 rings (SSSR count). The van der Waals surface area contributed by atoms with E-state index in [-0.39, 0.29) is 10.1 Å². The number of aryl methyl sites for hydroxylation is 1. The summed E-state index contributed by atoms with van der Waals surface area (Å²) < 4.78 is 16.1. The molecule has 0 fully saturated rings. The van der Waals surface area contributed by atoms with E-state index in [1.54, 1.807) is 42.5 Å². The molecule has 1 radical (unpaired) electrons. The molecule has 197 valence electrons. The van der Waals surface area contributed by atoms with Gasteiger partial charge in [-0.15, -0.1) is 0 Å². The van der Waals surface area contributed by atoms with E-state index in [0.717, 1.165) is 5.56 Å². The third kappa shape index (κ3) is 8.11. The van der Waals surface area contributed by atoms with Crippen molar-refractivity contribution in [3.8, 4) is 17.2 Å². The van der Waals surface area contributed by atoms with E-state index < -0.39 is 33.7 Å². The number of hydrogen-bond donors (Lipinski definition) is 3. The number of urea groups is 1. The molecule has 0 aromatic heterocycles. The Hall–Kier alpha value is -4.30. The molecule has 3 amide bonds. The van der Waals surface area contributed by atoms with Gasteiger partial charge < -0.3 is 4.74 Å². The quantitative estimate of drug-likeness (QED) is 0.180. The fourth-order valence-electron chi connectivity index (χ4n) is 3.42. The maximum absolute atomic E-state index is 12.7. The van der Waals surface area contributed by atoms with Crippen LogP contribution >= 0.6 is 0 Å². The Balaban J connectivity index is 1.53. The van der Waals surface area contributed by atoms with Crippen molar-refractivity contribution in [3.05, 3.63) is 71.8 Å². The average Bonchev–Trinajstić information content (AvgIpc) is 2.88. The van der Waals surface area contributed by atoms with Gasteiger partial charge in [-0.2, -0.15) is 0 Å². The zero-order chi connectivity index (χ0) is 27.7. The van der Waals surface area contributed by atoms with Crippen LogP contribution in [0.2, 0.25) is 0 Å². The normalized spacial score (nSPS) is 10.6. The van der Waals surface area contributed by atoms with Crippen LogP contribution in [0, 0.1) is 0 Å². The zero-order valence-electron chi connectivity index (χ0n) is 21.1. The van der Waals surface area contributed by atoms with Gasteiger partial charge in [0.2, 0.25) is 0 Å². The summed E-state index contributed by atoms with van der Waals surface area (Å²) in [5, 5.41) is 5.43. The van der Waals surface area contributed by atoms with E-state index in [9.17, 15) is 19.2 Å². The van der Waals surface area contributed by atoms with Crippen molar-refractivity contribution >= 4 is 54.0 Å². The van der Waals surface area contributed by atoms with Gasteiger partial charge in [0.25, 0.3) is 0 Å². The van der Waals surface area contributed by atoms with Crippen LogP contribution in [0.5, 0.6) is 17.2 Å². The number of carbonyl (C=O) groups excluding carboxylic acids is 4. The number of amides is 3. The molecular formula is C27H27AsN3O7. The first-order chi connectivity index (χ1) is 18.2. The molecule has 0 aliphatic heterocycles. The van der Waals surface area contributed by atoms with Crippen molar-refractivity contribution in [2.75, 3.05) is 24.9 Å². The molecule has 3 aromatic carbocycles. The molecular weight excluding hydrogens is 553 g/mol. The molecule has 11 heteroatoms. The number of nitrogens with one attached hydrogen (secondary N) is 2. The molecule has 0 bridgehead atoms. The molecule has 0 saturated carbocycles. The van der Waals surface area contributed by atoms with Gasteiger partial charge in [0.1, 0.15) is 5.75 Å². The number of benzene rings is 3. The van der Waals surface area contributed by atoms with Crippen LogP contribution in [0.25, 0.3) is 0 Å². The van der Waals surface area contributed by atoms with Crippen LogP contribution in [0.3, 0.4) is 0 Å². The van der Waals surface area contributed by atoms with E-state index in [1.807, 2.05) is 12.1 Å². The van der Waals surface area contributed by atoms with Crippen LogP contribution in [0.15, 0.2) is 60.7 Å². The Morgan fingerprint density at radius 1 is 0.842 bits per heavy atom. The van der Waals surface area contributed by atoms with E-state index in [2.05, 4.69) is 10.6 Å². The van der Waals surface area contributed by atoms with Crippen molar-refractivity contribution in [3.63, 3.8) is 0 Å². The summed E-state index contributed by atoms with van der Waals surface area (Å²) in [6.45, 7) is 1.31. The first-order valence-electron chi connectivity index (χ1n) is 11.4. The zero-order valence-corrected chi connectivity index (χ0v) is 22.9. The van der Waals surface area contributed by atoms with Crippen LogP contribution in [-0.4, -0.2) is 52.5 Å². The number of primary amides is 1. The number of anilines is 2. The van der Waals surface area contributed by atoms with Gasteiger partial charge in [0.05, 0.1) is 0 Å². The summed E-state index contributed by atoms with van der Waals surface area (Å²) in [6, 6.07) is 16.3. The van der Waals surface area contributed by atoms with Crippen molar-refractivity contribution in [2.24, 2.45) is 5.73 Å². The van der Waals surface area contributed by atoms with Crippen LogP contribution in [0.4, 0.5) is 16.2 Å². The topological polar surface area (TPSA) is 146 Å². The third-order valence-corrected chi connectivity index (χ3v) is 7.50. The molecule has 0 spiro atoms. The van der Waals surface area contributed by atoms with E-state index in [0.29, 0.717) is 45.8 Å². The van der Waals surface area contributed by atoms with Crippen molar-refractivity contribution in [2.45, 2.75) is 19.8 Å². The van der Waals surface area contributed by atoms with E-state index in [1.165, 1.54) is 27.2 Å². The minimum absolute atomic E-state index is 0.0253. The van der Waals surface area contributed by atoms with E-state index in [4.69, 9.17) is 19.9 Å². The molecule has 0 atom stereocenters. The Labute approximate surface area is 226 Å². The fourth-order valence-corrected chi connectivity index (χ4v) is 5.45. The van der Waals surface area contributed by atoms with Crippen LogP contribution < -0.4 is 34.9 Å². The molecule has 0 saturated heterocycles. The van der Waals surface area contributed by atoms with Crippen molar-refractivity contribution < 1.29 is 33.4 Å². The third-order valence-electron chi connectivity index (χ3n) is 5.23. The maximum atomic E-state index is 12.7. The van der Waals surface area contributed by atoms with Crippen LogP contribution in [0.1, 0.15) is 29.3 Å². The van der Waals surface area contributed by atoms with Crippen molar-refractivity contribution in [1.82, 2.24) is 0 Å². The molecule has 4 N–H and O–H groups in total. The Kier molecular flexibility index (Phi) is 9.90. The summed E-state index contributed by atoms with van der Waals surface area (Å²) in [6.07, 6.45) is 0.804. The molecule has 38 heavy (non-hydrogen) atoms. The molecule has 0 aliphatic carbocycles. The summed E-state index contributed by atoms with van der Waals surface area (Å²) >= 11 is -0.973. The molecule has 3 aromatic rings. The Morgan fingerprint density at radius 2 is 1.39 bits per heavy atom. The van der Waals surface area contributed by atoms with Gasteiger partial charge in [-0.3, -0.25) is 4.79 Å². The predicted molar refractivity (Wildman–Crippen MR) is 144 cm³/mol. The second-order valence-corrected chi connectivity index (χ2v) is 10.5. The van der Waals surface area contributed by atoms with Crippen molar-refractivity contribution in [1.29, 1.82) is 0 Å². The summed E-state index contributed by atoms with van der Waals surface area (Å²) in [7, 11) is 2.94. The second-order valence-electron chi connectivity index (χ2n) is 7.99. The monoisotopic (exact) mass is 580 g/mol. The number of methoxy groups -OCH3 is 2. The van der Waals surface area contributed by atoms with Gasteiger partial charge in [-0.1, -0.05) is 0 Å². The standard InChI is InChI=1S/C27H27AsN3O7/c1-16(32)38-20-11-9-19(10-12-20)31-27(35)30-18-7-4-17(5-8-18)6-13-25(33)28-22-15-24(37-3)23(36-2)14-21(22)26(29)34/h4-5,7-12,14-15H,6,13H2,1-3H3,(H2,29,34)(H2,30,31,35). The molecule has 0 aliphatic rings. The van der Waals surface area contributed by atoms with E-state index >= 15 is 0 Å². The van der Waals surface area contributed by atoms with Gasteiger partial charge in [0.15, 0.2) is 0 Å². The number of rotatable bonds is 11. The van der Waals surface area contributed by atoms with Gasteiger partial charge >= 0.3 is 192 Å². The van der Waals surface area contributed by atoms with Crippen LogP contribution in [-0.2, 0) is 16.0 Å². The second kappa shape index (κ2) is 13.3. The molecule has 0 unspecified atom stereocenters. The van der Waals surface area contributed by atoms with Gasteiger partial charge in [0, 0.05) is 6.92 Å². The SMILES string of the molecule is COc1cc([As]C(=O)CCc2ccc(NC(=O)Nc3ccc(OC(C)=O)cc3)cc2)c(C(N)=O)cc1OC. The first kappa shape index (κ1) is 28.3. The Morgan fingerprint density at radius 3 is 1.92 bits per heavy atom. The number of ether oxygens (including phenoxy) is 3. The first-order valence-corrected chi connectivity index (χ1v) is 13.3. The van der Waals surface area contributed by atoms with Gasteiger partial charge in [-0.25, -0.2) is 0 Å². The summed E-state index contributed by atoms with van der Waals surface area (Å²) in [5.74, 6) is 0.138. The number of esters is 1. The number of carbonyl (C=O) groups is 4. The summed E-state index contributed by atoms with van der Waals surface area (Å²) in [4.78, 5) is 47.9. The number of hydrogen-bond acceptors (Lipinski definition) is 7. The number of nitrogens with two attached hydrogens (primary N) is 1. The Bertz CT molecular complexity index is 1330.